The van der Waals surface area contributed by atoms with Gasteiger partial charge in [-0.2, -0.15) is 0 Å². The zero-order valence-electron chi connectivity index (χ0n) is 10.7. The molecular weight excluding hydrogens is 240 g/mol. The lowest BCUT2D eigenvalue weighted by Gasteiger charge is -2.24. The molecule has 0 saturated heterocycles. The van der Waals surface area contributed by atoms with Crippen molar-refractivity contribution in [3.05, 3.63) is 35.2 Å². The van der Waals surface area contributed by atoms with E-state index in [1.165, 1.54) is 17.5 Å². The monoisotopic (exact) mass is 258 g/mol. The lowest BCUT2D eigenvalue weighted by atomic mass is 9.79. The van der Waals surface area contributed by atoms with Gasteiger partial charge in [0.05, 0.1) is 0 Å². The molecule has 0 N–H and O–H groups in total. The van der Waals surface area contributed by atoms with Crippen LogP contribution in [0.4, 0.5) is 0 Å². The largest absolute Gasteiger partial charge is 0.294 e. The molecule has 1 nitrogen and oxygen atoms in total. The average Bonchev–Trinajstić information content (AvgIpc) is 2.82. The van der Waals surface area contributed by atoms with Gasteiger partial charge in [0.25, 0.3) is 0 Å². The second-order valence-electron chi connectivity index (χ2n) is 5.47. The summed E-state index contributed by atoms with van der Waals surface area (Å²) in [6.07, 6.45) is 4.56. The van der Waals surface area contributed by atoms with Gasteiger partial charge in [0.15, 0.2) is 5.78 Å². The molecule has 18 heavy (non-hydrogen) atoms. The van der Waals surface area contributed by atoms with Crippen molar-refractivity contribution in [2.24, 2.45) is 11.8 Å². The highest BCUT2D eigenvalue weighted by Gasteiger charge is 2.26. The maximum Gasteiger partial charge on any atom is 0.167 e. The number of carbonyl (C=O) groups is 1. The fraction of sp³-hybridized carbons (Fsp3) is 0.438. The molecule has 1 heterocycles. The molecule has 94 valence electrons. The quantitative estimate of drug-likeness (QED) is 0.699. The number of thiophene rings is 1. The van der Waals surface area contributed by atoms with Crippen molar-refractivity contribution < 1.29 is 4.79 Å². The van der Waals surface area contributed by atoms with Crippen molar-refractivity contribution in [3.8, 4) is 0 Å². The smallest absolute Gasteiger partial charge is 0.167 e. The Balaban J connectivity index is 1.88. The van der Waals surface area contributed by atoms with Crippen molar-refractivity contribution >= 4 is 27.2 Å². The molecular formula is C16H18OS. The molecule has 2 heteroatoms. The zero-order valence-corrected chi connectivity index (χ0v) is 11.5. The normalized spacial score (nSPS) is 24.3. The van der Waals surface area contributed by atoms with Crippen LogP contribution in [0, 0.1) is 11.8 Å². The average molecular weight is 258 g/mol. The van der Waals surface area contributed by atoms with Crippen molar-refractivity contribution in [3.63, 3.8) is 0 Å². The first-order valence-electron chi connectivity index (χ1n) is 6.76. The minimum Gasteiger partial charge on any atom is -0.294 e. The molecule has 0 radical (unpaired) electrons. The standard InChI is InChI=1S/C16H18OS/c1-11-6-8-12(9-7-11)16(17)14-10-18-15-5-3-2-4-13(14)15/h2-5,10-12H,6-9H2,1H3. The molecule has 1 aromatic carbocycles. The molecule has 1 aromatic heterocycles. The molecule has 0 unspecified atom stereocenters. The Morgan fingerprint density at radius 1 is 1.17 bits per heavy atom. The summed E-state index contributed by atoms with van der Waals surface area (Å²) < 4.78 is 1.23. The fourth-order valence-corrected chi connectivity index (χ4v) is 3.86. The van der Waals surface area contributed by atoms with E-state index in [-0.39, 0.29) is 5.92 Å². The number of benzene rings is 1. The van der Waals surface area contributed by atoms with E-state index in [0.29, 0.717) is 5.78 Å². The Hall–Kier alpha value is -1.15. The van der Waals surface area contributed by atoms with E-state index < -0.39 is 0 Å². The van der Waals surface area contributed by atoms with Crippen molar-refractivity contribution in [2.75, 3.05) is 0 Å². The summed E-state index contributed by atoms with van der Waals surface area (Å²) in [5.74, 6) is 1.44. The molecule has 1 saturated carbocycles. The Labute approximate surface area is 112 Å². The van der Waals surface area contributed by atoms with E-state index in [4.69, 9.17) is 0 Å². The van der Waals surface area contributed by atoms with Crippen LogP contribution in [0.5, 0.6) is 0 Å². The van der Waals surface area contributed by atoms with E-state index in [9.17, 15) is 4.79 Å². The topological polar surface area (TPSA) is 17.1 Å². The molecule has 0 spiro atoms. The molecule has 2 aromatic rings. The summed E-state index contributed by atoms with van der Waals surface area (Å²) in [5, 5.41) is 3.19. The predicted octanol–water partition coefficient (Wildman–Crippen LogP) is 4.91. The SMILES string of the molecule is CC1CCC(C(=O)c2csc3ccccc23)CC1. The van der Waals surface area contributed by atoms with Gasteiger partial charge in [-0.3, -0.25) is 4.79 Å². The van der Waals surface area contributed by atoms with Gasteiger partial charge in [-0.25, -0.2) is 0 Å². The van der Waals surface area contributed by atoms with Crippen LogP contribution in [0.15, 0.2) is 29.6 Å². The summed E-state index contributed by atoms with van der Waals surface area (Å²) in [4.78, 5) is 12.6. The van der Waals surface area contributed by atoms with Crippen LogP contribution in [-0.2, 0) is 0 Å². The summed E-state index contributed by atoms with van der Waals surface area (Å²) in [5.41, 5.74) is 0.954. The number of carbonyl (C=O) groups excluding carboxylic acids is 1. The van der Waals surface area contributed by atoms with Crippen molar-refractivity contribution in [1.29, 1.82) is 0 Å². The summed E-state index contributed by atoms with van der Waals surface area (Å²) in [6, 6.07) is 8.23. The van der Waals surface area contributed by atoms with Gasteiger partial charge in [0, 0.05) is 26.9 Å². The van der Waals surface area contributed by atoms with Gasteiger partial charge in [-0.15, -0.1) is 11.3 Å². The first kappa shape index (κ1) is 11.9. The first-order chi connectivity index (χ1) is 8.75. The van der Waals surface area contributed by atoms with Gasteiger partial charge in [0.2, 0.25) is 0 Å². The Morgan fingerprint density at radius 3 is 2.67 bits per heavy atom. The maximum absolute atomic E-state index is 12.6. The highest BCUT2D eigenvalue weighted by molar-refractivity contribution is 7.17. The van der Waals surface area contributed by atoms with E-state index in [1.54, 1.807) is 11.3 Å². The van der Waals surface area contributed by atoms with Gasteiger partial charge in [-0.1, -0.05) is 38.0 Å². The number of hydrogen-bond donors (Lipinski definition) is 0. The maximum atomic E-state index is 12.6. The Morgan fingerprint density at radius 2 is 1.89 bits per heavy atom. The summed E-state index contributed by atoms with van der Waals surface area (Å²) in [6.45, 7) is 2.29. The first-order valence-corrected chi connectivity index (χ1v) is 7.64. The Kier molecular flexibility index (Phi) is 3.21. The van der Waals surface area contributed by atoms with Gasteiger partial charge in [0.1, 0.15) is 0 Å². The number of fused-ring (bicyclic) bond motifs is 1. The number of rotatable bonds is 2. The highest BCUT2D eigenvalue weighted by Crippen LogP contribution is 2.34. The summed E-state index contributed by atoms with van der Waals surface area (Å²) >= 11 is 1.69. The van der Waals surface area contributed by atoms with Gasteiger partial charge < -0.3 is 0 Å². The van der Waals surface area contributed by atoms with Gasteiger partial charge in [-0.05, 0) is 24.8 Å². The number of ketones is 1. The highest BCUT2D eigenvalue weighted by atomic mass is 32.1. The molecule has 1 fully saturated rings. The predicted molar refractivity (Wildman–Crippen MR) is 77.3 cm³/mol. The fourth-order valence-electron chi connectivity index (χ4n) is 2.91. The van der Waals surface area contributed by atoms with Crippen molar-refractivity contribution in [1.82, 2.24) is 0 Å². The lowest BCUT2D eigenvalue weighted by Crippen LogP contribution is -2.20. The van der Waals surface area contributed by atoms with Gasteiger partial charge >= 0.3 is 0 Å². The van der Waals surface area contributed by atoms with Crippen LogP contribution in [0.1, 0.15) is 43.0 Å². The second kappa shape index (κ2) is 4.85. The third-order valence-corrected chi connectivity index (χ3v) is 5.10. The lowest BCUT2D eigenvalue weighted by molar-refractivity contribution is 0.0878. The summed E-state index contributed by atoms with van der Waals surface area (Å²) in [7, 11) is 0. The number of hydrogen-bond acceptors (Lipinski definition) is 2. The number of Topliss-reactive ketones (excluding diaryl/α,β-unsaturated/α-hetero) is 1. The molecule has 0 atom stereocenters. The van der Waals surface area contributed by atoms with E-state index in [1.807, 2.05) is 17.5 Å². The third kappa shape index (κ3) is 2.10. The minimum absolute atomic E-state index is 0.263. The van der Waals surface area contributed by atoms with Crippen LogP contribution < -0.4 is 0 Å². The molecule has 1 aliphatic rings. The van der Waals surface area contributed by atoms with Crippen LogP contribution in [0.25, 0.3) is 10.1 Å². The third-order valence-electron chi connectivity index (χ3n) is 4.13. The Bertz CT molecular complexity index is 561. The van der Waals surface area contributed by atoms with Crippen LogP contribution in [0.2, 0.25) is 0 Å². The van der Waals surface area contributed by atoms with Crippen LogP contribution in [-0.4, -0.2) is 5.78 Å². The van der Waals surface area contributed by atoms with Crippen LogP contribution in [0.3, 0.4) is 0 Å². The van der Waals surface area contributed by atoms with E-state index in [2.05, 4.69) is 19.1 Å². The minimum atomic E-state index is 0.263. The molecule has 3 rings (SSSR count). The second-order valence-corrected chi connectivity index (χ2v) is 6.38. The molecule has 0 aliphatic heterocycles. The van der Waals surface area contributed by atoms with Crippen LogP contribution >= 0.6 is 11.3 Å². The molecule has 1 aliphatic carbocycles. The van der Waals surface area contributed by atoms with E-state index in [0.717, 1.165) is 29.7 Å². The molecule has 0 amide bonds. The van der Waals surface area contributed by atoms with E-state index >= 15 is 0 Å². The van der Waals surface area contributed by atoms with Crippen molar-refractivity contribution in [2.45, 2.75) is 32.6 Å². The zero-order chi connectivity index (χ0) is 12.5. The molecule has 0 bridgehead atoms.